The molecular formula is C10H22N2O2S. The first-order valence-corrected chi connectivity index (χ1v) is 7.43. The van der Waals surface area contributed by atoms with Gasteiger partial charge in [0.25, 0.3) is 0 Å². The van der Waals surface area contributed by atoms with Crippen LogP contribution in [0.2, 0.25) is 0 Å². The van der Waals surface area contributed by atoms with Crippen LogP contribution in [-0.4, -0.2) is 26.8 Å². The zero-order valence-electron chi connectivity index (χ0n) is 9.41. The molecule has 0 bridgehead atoms. The molecule has 2 unspecified atom stereocenters. The van der Waals surface area contributed by atoms with Crippen LogP contribution >= 0.6 is 0 Å². The van der Waals surface area contributed by atoms with E-state index in [4.69, 9.17) is 5.73 Å². The maximum Gasteiger partial charge on any atom is 0.211 e. The van der Waals surface area contributed by atoms with Crippen LogP contribution in [0, 0.1) is 5.92 Å². The zero-order chi connectivity index (χ0) is 11.3. The summed E-state index contributed by atoms with van der Waals surface area (Å²) in [6.07, 6.45) is 4.84. The Balaban J connectivity index is 2.29. The van der Waals surface area contributed by atoms with E-state index in [1.807, 2.05) is 6.92 Å². The van der Waals surface area contributed by atoms with Gasteiger partial charge in [0.1, 0.15) is 0 Å². The largest absolute Gasteiger partial charge is 0.327 e. The lowest BCUT2D eigenvalue weighted by Gasteiger charge is -2.15. The molecule has 1 fully saturated rings. The summed E-state index contributed by atoms with van der Waals surface area (Å²) < 4.78 is 25.7. The van der Waals surface area contributed by atoms with Gasteiger partial charge in [-0.15, -0.1) is 0 Å². The van der Waals surface area contributed by atoms with Gasteiger partial charge in [0.2, 0.25) is 10.0 Å². The fourth-order valence-electron chi connectivity index (χ4n) is 1.96. The molecule has 0 saturated heterocycles. The first-order chi connectivity index (χ1) is 7.05. The third-order valence-electron chi connectivity index (χ3n) is 3.05. The van der Waals surface area contributed by atoms with E-state index in [2.05, 4.69) is 4.72 Å². The first kappa shape index (κ1) is 12.9. The molecule has 2 atom stereocenters. The summed E-state index contributed by atoms with van der Waals surface area (Å²) in [6, 6.07) is 0.180. The molecule has 1 rings (SSSR count). The first-order valence-electron chi connectivity index (χ1n) is 5.78. The van der Waals surface area contributed by atoms with Crippen molar-refractivity contribution < 1.29 is 8.42 Å². The molecule has 5 heteroatoms. The van der Waals surface area contributed by atoms with Crippen molar-refractivity contribution in [2.45, 2.75) is 45.1 Å². The van der Waals surface area contributed by atoms with Crippen molar-refractivity contribution in [1.82, 2.24) is 4.72 Å². The van der Waals surface area contributed by atoms with Crippen LogP contribution in [0.5, 0.6) is 0 Å². The van der Waals surface area contributed by atoms with E-state index >= 15 is 0 Å². The molecule has 0 aromatic heterocycles. The van der Waals surface area contributed by atoms with Gasteiger partial charge in [0.15, 0.2) is 0 Å². The Bertz CT molecular complexity index is 277. The summed E-state index contributed by atoms with van der Waals surface area (Å²) in [7, 11) is -3.06. The Labute approximate surface area is 92.7 Å². The van der Waals surface area contributed by atoms with Crippen molar-refractivity contribution in [2.75, 3.05) is 12.3 Å². The molecule has 3 N–H and O–H groups in total. The summed E-state index contributed by atoms with van der Waals surface area (Å²) in [6.45, 7) is 2.51. The third-order valence-corrected chi connectivity index (χ3v) is 4.48. The number of hydrogen-bond donors (Lipinski definition) is 2. The molecule has 4 nitrogen and oxygen atoms in total. The molecule has 1 aliphatic carbocycles. The van der Waals surface area contributed by atoms with Crippen molar-refractivity contribution >= 4 is 10.0 Å². The van der Waals surface area contributed by atoms with Crippen LogP contribution in [0.15, 0.2) is 0 Å². The predicted molar refractivity (Wildman–Crippen MR) is 62.0 cm³/mol. The summed E-state index contributed by atoms with van der Waals surface area (Å²) in [5.74, 6) is 0.576. The summed E-state index contributed by atoms with van der Waals surface area (Å²) in [4.78, 5) is 0. The lowest BCUT2D eigenvalue weighted by molar-refractivity contribution is 0.469. The fourth-order valence-corrected chi connectivity index (χ4v) is 3.24. The molecule has 0 heterocycles. The second-order valence-electron chi connectivity index (χ2n) is 4.38. The minimum absolute atomic E-state index is 0.180. The van der Waals surface area contributed by atoms with E-state index in [0.29, 0.717) is 12.5 Å². The van der Waals surface area contributed by atoms with Crippen LogP contribution in [0.25, 0.3) is 0 Å². The van der Waals surface area contributed by atoms with Crippen molar-refractivity contribution in [3.8, 4) is 0 Å². The zero-order valence-corrected chi connectivity index (χ0v) is 10.2. The number of hydrogen-bond acceptors (Lipinski definition) is 3. The van der Waals surface area contributed by atoms with Crippen molar-refractivity contribution in [3.05, 3.63) is 0 Å². The van der Waals surface area contributed by atoms with Crippen LogP contribution in [-0.2, 0) is 10.0 Å². The summed E-state index contributed by atoms with van der Waals surface area (Å²) in [5, 5.41) is 0. The van der Waals surface area contributed by atoms with Gasteiger partial charge in [-0.05, 0) is 25.2 Å². The predicted octanol–water partition coefficient (Wildman–Crippen LogP) is 0.833. The third kappa shape index (κ3) is 4.49. The number of unbranched alkanes of at least 4 members (excludes halogenated alkanes) is 1. The average molecular weight is 234 g/mol. The monoisotopic (exact) mass is 234 g/mol. The Morgan fingerprint density at radius 1 is 1.40 bits per heavy atom. The molecule has 15 heavy (non-hydrogen) atoms. The van der Waals surface area contributed by atoms with Gasteiger partial charge in [0, 0.05) is 12.6 Å². The van der Waals surface area contributed by atoms with E-state index in [1.165, 1.54) is 0 Å². The highest BCUT2D eigenvalue weighted by Gasteiger charge is 2.24. The highest BCUT2D eigenvalue weighted by Crippen LogP contribution is 2.23. The van der Waals surface area contributed by atoms with Gasteiger partial charge >= 0.3 is 0 Å². The minimum atomic E-state index is -3.06. The fraction of sp³-hybridized carbons (Fsp3) is 1.00. The van der Waals surface area contributed by atoms with E-state index in [9.17, 15) is 8.42 Å². The SMILES string of the molecule is CCCCS(=O)(=O)NCC1CCCC1N. The van der Waals surface area contributed by atoms with Crippen molar-refractivity contribution in [1.29, 1.82) is 0 Å². The smallest absolute Gasteiger partial charge is 0.211 e. The van der Waals surface area contributed by atoms with Gasteiger partial charge in [-0.3, -0.25) is 0 Å². The van der Waals surface area contributed by atoms with E-state index in [1.54, 1.807) is 0 Å². The highest BCUT2D eigenvalue weighted by atomic mass is 32.2. The molecule has 0 aromatic carbocycles. The second-order valence-corrected chi connectivity index (χ2v) is 6.30. The number of nitrogens with two attached hydrogens (primary N) is 1. The van der Waals surface area contributed by atoms with Crippen molar-refractivity contribution in [2.24, 2.45) is 11.7 Å². The molecule has 0 aliphatic heterocycles. The molecular weight excluding hydrogens is 212 g/mol. The van der Waals surface area contributed by atoms with E-state index < -0.39 is 10.0 Å². The minimum Gasteiger partial charge on any atom is -0.327 e. The molecule has 90 valence electrons. The van der Waals surface area contributed by atoms with Gasteiger partial charge in [-0.1, -0.05) is 19.8 Å². The topological polar surface area (TPSA) is 72.2 Å². The van der Waals surface area contributed by atoms with Gasteiger partial charge in [-0.25, -0.2) is 13.1 Å². The lowest BCUT2D eigenvalue weighted by Crippen LogP contribution is -2.36. The standard InChI is InChI=1S/C10H22N2O2S/c1-2-3-7-15(13,14)12-8-9-5-4-6-10(9)11/h9-10,12H,2-8,11H2,1H3. The molecule has 0 aromatic rings. The summed E-state index contributed by atoms with van der Waals surface area (Å²) in [5.41, 5.74) is 5.87. The van der Waals surface area contributed by atoms with Crippen LogP contribution in [0.1, 0.15) is 39.0 Å². The number of nitrogens with one attached hydrogen (secondary N) is 1. The Hall–Kier alpha value is -0.130. The Morgan fingerprint density at radius 2 is 2.13 bits per heavy atom. The molecule has 0 spiro atoms. The molecule has 1 saturated carbocycles. The molecule has 1 aliphatic rings. The van der Waals surface area contributed by atoms with Gasteiger partial charge in [-0.2, -0.15) is 0 Å². The number of sulfonamides is 1. The maximum absolute atomic E-state index is 11.5. The second kappa shape index (κ2) is 5.82. The molecule has 0 amide bonds. The van der Waals surface area contributed by atoms with Gasteiger partial charge in [0.05, 0.1) is 5.75 Å². The van der Waals surface area contributed by atoms with Crippen LogP contribution < -0.4 is 10.5 Å². The van der Waals surface area contributed by atoms with Crippen molar-refractivity contribution in [3.63, 3.8) is 0 Å². The quantitative estimate of drug-likeness (QED) is 0.715. The molecule has 0 radical (unpaired) electrons. The van der Waals surface area contributed by atoms with Crippen LogP contribution in [0.4, 0.5) is 0 Å². The Morgan fingerprint density at radius 3 is 2.67 bits per heavy atom. The average Bonchev–Trinajstić information content (AvgIpc) is 2.58. The highest BCUT2D eigenvalue weighted by molar-refractivity contribution is 7.89. The van der Waals surface area contributed by atoms with E-state index in [0.717, 1.165) is 32.1 Å². The van der Waals surface area contributed by atoms with E-state index in [-0.39, 0.29) is 11.8 Å². The Kier molecular flexibility index (Phi) is 5.02. The van der Waals surface area contributed by atoms with Gasteiger partial charge < -0.3 is 5.73 Å². The maximum atomic E-state index is 11.5. The number of rotatable bonds is 6. The van der Waals surface area contributed by atoms with Crippen LogP contribution in [0.3, 0.4) is 0 Å². The lowest BCUT2D eigenvalue weighted by atomic mass is 10.1. The summed E-state index contributed by atoms with van der Waals surface area (Å²) >= 11 is 0. The normalized spacial score (nSPS) is 27.1.